The first-order valence-corrected chi connectivity index (χ1v) is 9.97. The number of benzene rings is 2. The molecule has 1 unspecified atom stereocenters. The van der Waals surface area contributed by atoms with E-state index in [0.29, 0.717) is 11.1 Å². The Morgan fingerprint density at radius 3 is 2.33 bits per heavy atom. The zero-order chi connectivity index (χ0) is 24.2. The van der Waals surface area contributed by atoms with E-state index in [4.69, 9.17) is 16.3 Å². The Hall–Kier alpha value is -3.59. The van der Waals surface area contributed by atoms with Gasteiger partial charge in [-0.05, 0) is 35.9 Å². The van der Waals surface area contributed by atoms with E-state index in [9.17, 15) is 27.9 Å². The third-order valence-electron chi connectivity index (χ3n) is 4.76. The molecule has 33 heavy (non-hydrogen) atoms. The van der Waals surface area contributed by atoms with Crippen LogP contribution in [0.4, 0.5) is 13.2 Å². The summed E-state index contributed by atoms with van der Waals surface area (Å²) in [6.07, 6.45) is -4.91. The number of carboxylic acid groups (broad SMARTS) is 1. The summed E-state index contributed by atoms with van der Waals surface area (Å²) in [5, 5.41) is 12.2. The van der Waals surface area contributed by atoms with Gasteiger partial charge in [0.2, 0.25) is 0 Å². The molecule has 0 radical (unpaired) electrons. The maximum atomic E-state index is 12.9. The molecule has 0 saturated heterocycles. The number of carbonyl (C=O) groups is 2. The van der Waals surface area contributed by atoms with Gasteiger partial charge in [-0.1, -0.05) is 41.9 Å². The normalized spacial score (nSPS) is 12.2. The van der Waals surface area contributed by atoms with Gasteiger partial charge in [0.05, 0.1) is 25.1 Å². The number of ether oxygens (including phenoxy) is 1. The standard InChI is InChI=1S/C23H18ClF3N2O4/c1-33-19-11-10-17(28-21(19)13-6-8-14(9-7-13)23(25,26)27)22(32)29-18(12-20(30)31)15-4-2-3-5-16(15)24/h2-11,18H,12H2,1H3,(H,29,32)(H,30,31). The van der Waals surface area contributed by atoms with E-state index in [1.54, 1.807) is 24.3 Å². The smallest absolute Gasteiger partial charge is 0.416 e. The van der Waals surface area contributed by atoms with E-state index in [1.165, 1.54) is 31.4 Å². The fourth-order valence-corrected chi connectivity index (χ4v) is 3.43. The van der Waals surface area contributed by atoms with Gasteiger partial charge in [0.15, 0.2) is 0 Å². The molecule has 2 aromatic carbocycles. The van der Waals surface area contributed by atoms with Crippen molar-refractivity contribution in [1.29, 1.82) is 0 Å². The molecule has 172 valence electrons. The minimum absolute atomic E-state index is 0.0758. The summed E-state index contributed by atoms with van der Waals surface area (Å²) in [7, 11) is 1.37. The molecule has 3 rings (SSSR count). The number of aromatic nitrogens is 1. The van der Waals surface area contributed by atoms with Gasteiger partial charge in [-0.3, -0.25) is 9.59 Å². The van der Waals surface area contributed by atoms with Gasteiger partial charge in [0.25, 0.3) is 5.91 Å². The summed E-state index contributed by atoms with van der Waals surface area (Å²) in [6, 6.07) is 12.7. The second kappa shape index (κ2) is 9.91. The average molecular weight is 479 g/mol. The lowest BCUT2D eigenvalue weighted by Gasteiger charge is -2.19. The van der Waals surface area contributed by atoms with Gasteiger partial charge in [0, 0.05) is 10.6 Å². The zero-order valence-electron chi connectivity index (χ0n) is 17.2. The third kappa shape index (κ3) is 5.81. The number of rotatable bonds is 7. The van der Waals surface area contributed by atoms with Crippen LogP contribution in [0.1, 0.15) is 34.1 Å². The molecule has 0 fully saturated rings. The molecule has 3 aromatic rings. The Bertz CT molecular complexity index is 1170. The van der Waals surface area contributed by atoms with Crippen LogP contribution in [-0.2, 0) is 11.0 Å². The molecule has 1 atom stereocenters. The van der Waals surface area contributed by atoms with Gasteiger partial charge in [-0.25, -0.2) is 4.98 Å². The number of carboxylic acids is 1. The summed E-state index contributed by atoms with van der Waals surface area (Å²) in [5.41, 5.74) is -0.0102. The first-order valence-electron chi connectivity index (χ1n) is 9.60. The lowest BCUT2D eigenvalue weighted by molar-refractivity contribution is -0.138. The SMILES string of the molecule is COc1ccc(C(=O)NC(CC(=O)O)c2ccccc2Cl)nc1-c1ccc(C(F)(F)F)cc1. The first kappa shape index (κ1) is 24.1. The molecular weight excluding hydrogens is 461 g/mol. The van der Waals surface area contributed by atoms with Crippen molar-refractivity contribution in [2.45, 2.75) is 18.6 Å². The van der Waals surface area contributed by atoms with Crippen molar-refractivity contribution in [2.24, 2.45) is 0 Å². The van der Waals surface area contributed by atoms with Crippen molar-refractivity contribution in [3.8, 4) is 17.0 Å². The number of alkyl halides is 3. The van der Waals surface area contributed by atoms with Crippen LogP contribution in [0.2, 0.25) is 5.02 Å². The zero-order valence-corrected chi connectivity index (χ0v) is 17.9. The highest BCUT2D eigenvalue weighted by atomic mass is 35.5. The fourth-order valence-electron chi connectivity index (χ4n) is 3.16. The van der Waals surface area contributed by atoms with E-state index in [2.05, 4.69) is 10.3 Å². The number of aliphatic carboxylic acids is 1. The van der Waals surface area contributed by atoms with Crippen LogP contribution < -0.4 is 10.1 Å². The Morgan fingerprint density at radius 1 is 1.09 bits per heavy atom. The van der Waals surface area contributed by atoms with Crippen molar-refractivity contribution in [3.63, 3.8) is 0 Å². The van der Waals surface area contributed by atoms with Crippen LogP contribution in [0.3, 0.4) is 0 Å². The summed E-state index contributed by atoms with van der Waals surface area (Å²) < 4.78 is 43.9. The van der Waals surface area contributed by atoms with Gasteiger partial charge >= 0.3 is 12.1 Å². The fraction of sp³-hybridized carbons (Fsp3) is 0.174. The molecule has 0 bridgehead atoms. The third-order valence-corrected chi connectivity index (χ3v) is 5.11. The molecule has 6 nitrogen and oxygen atoms in total. The Morgan fingerprint density at radius 2 is 1.76 bits per heavy atom. The molecule has 0 aliphatic carbocycles. The second-order valence-corrected chi connectivity index (χ2v) is 7.38. The number of amides is 1. The van der Waals surface area contributed by atoms with Crippen molar-refractivity contribution in [1.82, 2.24) is 10.3 Å². The number of pyridine rings is 1. The average Bonchev–Trinajstić information content (AvgIpc) is 2.77. The highest BCUT2D eigenvalue weighted by Crippen LogP contribution is 2.33. The first-order chi connectivity index (χ1) is 15.6. The number of hydrogen-bond acceptors (Lipinski definition) is 4. The van der Waals surface area contributed by atoms with Crippen molar-refractivity contribution in [3.05, 3.63) is 82.5 Å². The molecule has 1 amide bonds. The Kier molecular flexibility index (Phi) is 7.23. The number of nitrogens with zero attached hydrogens (tertiary/aromatic N) is 1. The summed E-state index contributed by atoms with van der Waals surface area (Å²) in [5.74, 6) is -1.58. The second-order valence-electron chi connectivity index (χ2n) is 6.97. The van der Waals surface area contributed by atoms with Crippen LogP contribution in [0, 0.1) is 0 Å². The van der Waals surface area contributed by atoms with E-state index in [0.717, 1.165) is 12.1 Å². The Balaban J connectivity index is 1.93. The Labute approximate surface area is 192 Å². The van der Waals surface area contributed by atoms with Gasteiger partial charge < -0.3 is 15.2 Å². The monoisotopic (exact) mass is 478 g/mol. The van der Waals surface area contributed by atoms with Crippen molar-refractivity contribution in [2.75, 3.05) is 7.11 Å². The number of halogens is 4. The van der Waals surface area contributed by atoms with E-state index in [1.807, 2.05) is 0 Å². The minimum atomic E-state index is -4.49. The molecular formula is C23H18ClF3N2O4. The van der Waals surface area contributed by atoms with Crippen LogP contribution in [0.25, 0.3) is 11.3 Å². The molecule has 0 aliphatic rings. The number of methoxy groups -OCH3 is 1. The minimum Gasteiger partial charge on any atom is -0.494 e. The quantitative estimate of drug-likeness (QED) is 0.476. The highest BCUT2D eigenvalue weighted by molar-refractivity contribution is 6.31. The van der Waals surface area contributed by atoms with Crippen LogP contribution >= 0.6 is 11.6 Å². The lowest BCUT2D eigenvalue weighted by Crippen LogP contribution is -2.31. The van der Waals surface area contributed by atoms with E-state index in [-0.39, 0.29) is 22.2 Å². The highest BCUT2D eigenvalue weighted by Gasteiger charge is 2.30. The summed E-state index contributed by atoms with van der Waals surface area (Å²) in [6.45, 7) is 0. The number of carbonyl (C=O) groups excluding carboxylic acids is 1. The molecule has 0 aliphatic heterocycles. The van der Waals surface area contributed by atoms with Gasteiger partial charge in [-0.2, -0.15) is 13.2 Å². The maximum absolute atomic E-state index is 12.9. The molecule has 0 saturated carbocycles. The predicted molar refractivity (Wildman–Crippen MR) is 115 cm³/mol. The molecule has 1 heterocycles. The molecule has 1 aromatic heterocycles. The summed E-state index contributed by atoms with van der Waals surface area (Å²) in [4.78, 5) is 28.5. The van der Waals surface area contributed by atoms with E-state index >= 15 is 0 Å². The maximum Gasteiger partial charge on any atom is 0.416 e. The number of hydrogen-bond donors (Lipinski definition) is 2. The largest absolute Gasteiger partial charge is 0.494 e. The molecule has 2 N–H and O–H groups in total. The predicted octanol–water partition coefficient (Wildman–Crippen LogP) is 5.38. The summed E-state index contributed by atoms with van der Waals surface area (Å²) >= 11 is 6.17. The molecule has 10 heteroatoms. The topological polar surface area (TPSA) is 88.5 Å². The van der Waals surface area contributed by atoms with Crippen LogP contribution in [0.5, 0.6) is 5.75 Å². The van der Waals surface area contributed by atoms with Gasteiger partial charge in [0.1, 0.15) is 17.1 Å². The van der Waals surface area contributed by atoms with Gasteiger partial charge in [-0.15, -0.1) is 0 Å². The molecule has 0 spiro atoms. The van der Waals surface area contributed by atoms with Crippen molar-refractivity contribution >= 4 is 23.5 Å². The lowest BCUT2D eigenvalue weighted by atomic mass is 10.0. The number of nitrogens with one attached hydrogen (secondary N) is 1. The van der Waals surface area contributed by atoms with E-state index < -0.39 is 36.1 Å². The van der Waals surface area contributed by atoms with Crippen LogP contribution in [-0.4, -0.2) is 29.1 Å². The van der Waals surface area contributed by atoms with Crippen molar-refractivity contribution < 1.29 is 32.6 Å². The van der Waals surface area contributed by atoms with Crippen LogP contribution in [0.15, 0.2) is 60.7 Å².